The van der Waals surface area contributed by atoms with Gasteiger partial charge in [-0.3, -0.25) is 4.79 Å². The van der Waals surface area contributed by atoms with Crippen molar-refractivity contribution in [1.82, 2.24) is 5.32 Å². The second kappa shape index (κ2) is 7.96. The van der Waals surface area contributed by atoms with Gasteiger partial charge in [0.05, 0.1) is 17.0 Å². The van der Waals surface area contributed by atoms with Gasteiger partial charge in [-0.2, -0.15) is 0 Å². The SMILES string of the molecule is COc1ccccc1N=C1NC(=O)C(=Cc2ccc(-c3ccccc3Cl)o2)S1. The van der Waals surface area contributed by atoms with Crippen LogP contribution in [0.2, 0.25) is 5.02 Å². The van der Waals surface area contributed by atoms with Crippen LogP contribution in [0.5, 0.6) is 5.75 Å². The van der Waals surface area contributed by atoms with Gasteiger partial charge in [0.1, 0.15) is 23.0 Å². The first-order valence-electron chi connectivity index (χ1n) is 8.41. The third-order valence-electron chi connectivity index (χ3n) is 4.00. The number of amidine groups is 1. The van der Waals surface area contributed by atoms with E-state index in [9.17, 15) is 4.79 Å². The zero-order valence-electron chi connectivity index (χ0n) is 14.8. The fourth-order valence-corrected chi connectivity index (χ4v) is 3.72. The molecule has 140 valence electrons. The van der Waals surface area contributed by atoms with Crippen LogP contribution in [0.3, 0.4) is 0 Å². The number of halogens is 1. The molecule has 1 fully saturated rings. The van der Waals surface area contributed by atoms with Crippen molar-refractivity contribution >= 4 is 46.2 Å². The first kappa shape index (κ1) is 18.4. The van der Waals surface area contributed by atoms with Gasteiger partial charge in [0.25, 0.3) is 5.91 Å². The standard InChI is InChI=1S/C21H15ClN2O3S/c1-26-18-9-5-4-8-16(18)23-21-24-20(25)19(28-21)12-13-10-11-17(27-13)14-6-2-3-7-15(14)22/h2-12H,1H3,(H,23,24,25). The molecule has 1 N–H and O–H groups in total. The lowest BCUT2D eigenvalue weighted by molar-refractivity contribution is -0.115. The molecular weight excluding hydrogens is 396 g/mol. The summed E-state index contributed by atoms with van der Waals surface area (Å²) in [6.45, 7) is 0. The third kappa shape index (κ3) is 3.83. The largest absolute Gasteiger partial charge is 0.494 e. The Labute approximate surface area is 171 Å². The lowest BCUT2D eigenvalue weighted by atomic mass is 10.2. The van der Waals surface area contributed by atoms with Gasteiger partial charge in [-0.05, 0) is 48.2 Å². The lowest BCUT2D eigenvalue weighted by Crippen LogP contribution is -2.19. The summed E-state index contributed by atoms with van der Waals surface area (Å²) < 4.78 is 11.1. The Hall–Kier alpha value is -2.96. The highest BCUT2D eigenvalue weighted by Crippen LogP contribution is 2.33. The number of para-hydroxylation sites is 2. The quantitative estimate of drug-likeness (QED) is 0.577. The van der Waals surface area contributed by atoms with Crippen LogP contribution in [0.15, 0.2) is 75.0 Å². The van der Waals surface area contributed by atoms with E-state index in [0.717, 1.165) is 5.56 Å². The monoisotopic (exact) mass is 410 g/mol. The second-order valence-electron chi connectivity index (χ2n) is 5.84. The second-order valence-corrected chi connectivity index (χ2v) is 7.27. The van der Waals surface area contributed by atoms with Crippen LogP contribution in [0, 0.1) is 0 Å². The van der Waals surface area contributed by atoms with Crippen LogP contribution in [0.4, 0.5) is 5.69 Å². The van der Waals surface area contributed by atoms with E-state index in [1.54, 1.807) is 25.3 Å². The molecule has 0 aliphatic carbocycles. The predicted octanol–water partition coefficient (Wildman–Crippen LogP) is 5.50. The van der Waals surface area contributed by atoms with Gasteiger partial charge in [0, 0.05) is 11.6 Å². The molecule has 1 aliphatic rings. The minimum atomic E-state index is -0.227. The summed E-state index contributed by atoms with van der Waals surface area (Å²) >= 11 is 7.46. The Morgan fingerprint density at radius 1 is 1.11 bits per heavy atom. The van der Waals surface area contributed by atoms with Gasteiger partial charge >= 0.3 is 0 Å². The van der Waals surface area contributed by atoms with Crippen LogP contribution in [-0.4, -0.2) is 18.2 Å². The number of amides is 1. The normalized spacial score (nSPS) is 16.6. The summed E-state index contributed by atoms with van der Waals surface area (Å²) in [6.07, 6.45) is 1.69. The van der Waals surface area contributed by atoms with Crippen LogP contribution in [0.25, 0.3) is 17.4 Å². The average Bonchev–Trinajstić information content (AvgIpc) is 3.29. The number of hydrogen-bond acceptors (Lipinski definition) is 5. The number of thioether (sulfide) groups is 1. The number of nitrogens with zero attached hydrogens (tertiary/aromatic N) is 1. The van der Waals surface area contributed by atoms with Crippen molar-refractivity contribution in [2.24, 2.45) is 4.99 Å². The predicted molar refractivity (Wildman–Crippen MR) is 113 cm³/mol. The van der Waals surface area contributed by atoms with Crippen molar-refractivity contribution in [3.8, 4) is 17.1 Å². The fourth-order valence-electron chi connectivity index (χ4n) is 2.68. The number of benzene rings is 2. The van der Waals surface area contributed by atoms with Crippen molar-refractivity contribution in [3.05, 3.63) is 76.4 Å². The molecule has 1 amide bonds. The Morgan fingerprint density at radius 3 is 2.71 bits per heavy atom. The van der Waals surface area contributed by atoms with Crippen LogP contribution < -0.4 is 10.1 Å². The maximum atomic E-state index is 12.3. The maximum Gasteiger partial charge on any atom is 0.264 e. The van der Waals surface area contributed by atoms with E-state index < -0.39 is 0 Å². The molecule has 1 saturated heterocycles. The smallest absolute Gasteiger partial charge is 0.264 e. The zero-order valence-corrected chi connectivity index (χ0v) is 16.4. The Bertz CT molecular complexity index is 1100. The number of carbonyl (C=O) groups is 1. The zero-order chi connectivity index (χ0) is 19.5. The van der Waals surface area contributed by atoms with E-state index in [1.165, 1.54) is 11.8 Å². The maximum absolute atomic E-state index is 12.3. The van der Waals surface area contributed by atoms with Gasteiger partial charge in [-0.25, -0.2) is 4.99 Å². The summed E-state index contributed by atoms with van der Waals surface area (Å²) in [5.74, 6) is 1.61. The number of aliphatic imine (C=N–C) groups is 1. The van der Waals surface area contributed by atoms with Crippen molar-refractivity contribution in [1.29, 1.82) is 0 Å². The molecule has 4 rings (SSSR count). The van der Waals surface area contributed by atoms with Crippen molar-refractivity contribution < 1.29 is 13.9 Å². The van der Waals surface area contributed by atoms with Crippen LogP contribution >= 0.6 is 23.4 Å². The van der Waals surface area contributed by atoms with E-state index >= 15 is 0 Å². The number of ether oxygens (including phenoxy) is 1. The lowest BCUT2D eigenvalue weighted by Gasteiger charge is -2.03. The molecular formula is C21H15ClN2O3S. The van der Waals surface area contributed by atoms with Gasteiger partial charge in [-0.15, -0.1) is 0 Å². The highest BCUT2D eigenvalue weighted by atomic mass is 35.5. The minimum absolute atomic E-state index is 0.227. The van der Waals surface area contributed by atoms with E-state index in [-0.39, 0.29) is 5.91 Å². The Kier molecular flexibility index (Phi) is 5.23. The molecule has 0 radical (unpaired) electrons. The number of furan rings is 1. The van der Waals surface area contributed by atoms with E-state index in [0.29, 0.717) is 38.1 Å². The molecule has 1 aromatic heterocycles. The average molecular weight is 411 g/mol. The molecule has 0 spiro atoms. The minimum Gasteiger partial charge on any atom is -0.494 e. The van der Waals surface area contributed by atoms with Gasteiger partial charge < -0.3 is 14.5 Å². The number of hydrogen-bond donors (Lipinski definition) is 1. The Balaban J connectivity index is 1.57. The molecule has 0 bridgehead atoms. The highest BCUT2D eigenvalue weighted by Gasteiger charge is 2.24. The van der Waals surface area contributed by atoms with Crippen molar-refractivity contribution in [3.63, 3.8) is 0 Å². The first-order chi connectivity index (χ1) is 13.6. The van der Waals surface area contributed by atoms with Crippen LogP contribution in [-0.2, 0) is 4.79 Å². The highest BCUT2D eigenvalue weighted by molar-refractivity contribution is 8.18. The summed E-state index contributed by atoms with van der Waals surface area (Å²) in [6, 6.07) is 18.4. The molecule has 2 aromatic carbocycles. The van der Waals surface area contributed by atoms with Gasteiger partial charge in [0.2, 0.25) is 0 Å². The first-order valence-corrected chi connectivity index (χ1v) is 9.61. The molecule has 7 heteroatoms. The van der Waals surface area contributed by atoms with E-state index in [2.05, 4.69) is 10.3 Å². The summed E-state index contributed by atoms with van der Waals surface area (Å²) in [4.78, 5) is 17.3. The summed E-state index contributed by atoms with van der Waals surface area (Å²) in [5.41, 5.74) is 1.45. The Morgan fingerprint density at radius 2 is 1.89 bits per heavy atom. The van der Waals surface area contributed by atoms with E-state index in [4.69, 9.17) is 20.8 Å². The van der Waals surface area contributed by atoms with Crippen LogP contribution in [0.1, 0.15) is 5.76 Å². The summed E-state index contributed by atoms with van der Waals surface area (Å²) in [7, 11) is 1.58. The molecule has 0 unspecified atom stereocenters. The van der Waals surface area contributed by atoms with Crippen molar-refractivity contribution in [2.75, 3.05) is 7.11 Å². The number of carbonyl (C=O) groups excluding carboxylic acids is 1. The van der Waals surface area contributed by atoms with E-state index in [1.807, 2.05) is 48.5 Å². The summed E-state index contributed by atoms with van der Waals surface area (Å²) in [5, 5.41) is 3.85. The van der Waals surface area contributed by atoms with Gasteiger partial charge in [-0.1, -0.05) is 35.9 Å². The number of methoxy groups -OCH3 is 1. The molecule has 5 nitrogen and oxygen atoms in total. The molecule has 28 heavy (non-hydrogen) atoms. The third-order valence-corrected chi connectivity index (χ3v) is 5.24. The fraction of sp³-hybridized carbons (Fsp3) is 0.0476. The molecule has 2 heterocycles. The van der Waals surface area contributed by atoms with Gasteiger partial charge in [0.15, 0.2) is 5.17 Å². The molecule has 1 aliphatic heterocycles. The molecule has 0 saturated carbocycles. The molecule has 0 atom stereocenters. The van der Waals surface area contributed by atoms with Crippen molar-refractivity contribution in [2.45, 2.75) is 0 Å². The number of nitrogens with one attached hydrogen (secondary N) is 1. The molecule has 3 aromatic rings. The topological polar surface area (TPSA) is 63.8 Å². The number of rotatable bonds is 4.